The zero-order valence-corrected chi connectivity index (χ0v) is 17.5. The lowest BCUT2D eigenvalue weighted by atomic mass is 9.99. The van der Waals surface area contributed by atoms with Crippen LogP contribution in [0.15, 0.2) is 96.1 Å². The molecule has 2 aromatic heterocycles. The maximum absolute atomic E-state index is 13.6. The highest BCUT2D eigenvalue weighted by Crippen LogP contribution is 2.37. The molecule has 0 bridgehead atoms. The molecule has 1 atom stereocenters. The number of fused-ring (bicyclic) bond motifs is 6. The van der Waals surface area contributed by atoms with Crippen LogP contribution in [0.5, 0.6) is 0 Å². The Morgan fingerprint density at radius 1 is 0.742 bits per heavy atom. The van der Waals surface area contributed by atoms with E-state index in [0.717, 1.165) is 4.47 Å². The fourth-order valence-electron chi connectivity index (χ4n) is 4.42. The molecule has 0 spiro atoms. The number of rotatable bonds is 1. The van der Waals surface area contributed by atoms with Gasteiger partial charge in [0.2, 0.25) is 0 Å². The van der Waals surface area contributed by atoms with E-state index in [1.807, 2.05) is 30.3 Å². The van der Waals surface area contributed by atoms with Crippen LogP contribution >= 0.6 is 15.9 Å². The van der Waals surface area contributed by atoms with Crippen molar-refractivity contribution < 1.29 is 4.42 Å². The molecule has 1 unspecified atom stereocenters. The Morgan fingerprint density at radius 2 is 1.35 bits per heavy atom. The summed E-state index contributed by atoms with van der Waals surface area (Å²) in [6.45, 7) is 0. The average Bonchev–Trinajstić information content (AvgIpc) is 3.16. The summed E-state index contributed by atoms with van der Waals surface area (Å²) < 4.78 is 9.17. The minimum absolute atomic E-state index is 0.274. The monoisotopic (exact) mass is 472 g/mol. The van der Waals surface area contributed by atoms with E-state index in [-0.39, 0.29) is 16.7 Å². The number of hydrogen-bond donors (Lipinski definition) is 0. The molecule has 6 rings (SSSR count). The van der Waals surface area contributed by atoms with Gasteiger partial charge in [-0.25, -0.2) is 14.2 Å². The van der Waals surface area contributed by atoms with Crippen LogP contribution in [0.2, 0.25) is 0 Å². The topological polar surface area (TPSA) is 74.2 Å². The first kappa shape index (κ1) is 18.1. The molecule has 0 aliphatic carbocycles. The number of aromatic nitrogens is 2. The van der Waals surface area contributed by atoms with Crippen LogP contribution in [-0.2, 0) is 0 Å². The summed E-state index contributed by atoms with van der Waals surface area (Å²) in [7, 11) is 0. The van der Waals surface area contributed by atoms with Gasteiger partial charge < -0.3 is 4.42 Å². The zero-order valence-electron chi connectivity index (χ0n) is 15.9. The third-order valence-electron chi connectivity index (χ3n) is 5.74. The van der Waals surface area contributed by atoms with E-state index in [1.54, 1.807) is 42.5 Å². The molecule has 7 heteroatoms. The van der Waals surface area contributed by atoms with E-state index in [9.17, 15) is 14.4 Å². The fraction of sp³-hybridized carbons (Fsp3) is 0.0417. The molecule has 0 N–H and O–H groups in total. The summed E-state index contributed by atoms with van der Waals surface area (Å²) in [5.41, 5.74) is 0.468. The molecule has 31 heavy (non-hydrogen) atoms. The summed E-state index contributed by atoms with van der Waals surface area (Å²) in [5.74, 6) is 0. The van der Waals surface area contributed by atoms with Crippen molar-refractivity contribution in [3.63, 3.8) is 0 Å². The largest absolute Gasteiger partial charge is 0.422 e. The van der Waals surface area contributed by atoms with Gasteiger partial charge in [0.15, 0.2) is 0 Å². The van der Waals surface area contributed by atoms with Gasteiger partial charge in [0.1, 0.15) is 11.6 Å². The molecule has 0 radical (unpaired) electrons. The van der Waals surface area contributed by atoms with E-state index in [2.05, 4.69) is 15.9 Å². The molecule has 0 amide bonds. The fourth-order valence-corrected chi connectivity index (χ4v) is 4.68. The van der Waals surface area contributed by atoms with E-state index in [4.69, 9.17) is 4.42 Å². The summed E-state index contributed by atoms with van der Waals surface area (Å²) in [5, 5.41) is 1.22. The van der Waals surface area contributed by atoms with Crippen LogP contribution in [0.1, 0.15) is 17.2 Å². The quantitative estimate of drug-likeness (QED) is 0.339. The summed E-state index contributed by atoms with van der Waals surface area (Å²) in [6, 6.07) is 20.3. The normalized spacial score (nSPS) is 14.7. The van der Waals surface area contributed by atoms with Crippen molar-refractivity contribution in [2.75, 3.05) is 0 Å². The third kappa shape index (κ3) is 2.41. The molecule has 0 saturated carbocycles. The van der Waals surface area contributed by atoms with E-state index in [0.29, 0.717) is 33.0 Å². The second-order valence-electron chi connectivity index (χ2n) is 7.41. The molecule has 1 aliphatic heterocycles. The van der Waals surface area contributed by atoms with Crippen LogP contribution in [0, 0.1) is 0 Å². The van der Waals surface area contributed by atoms with Crippen molar-refractivity contribution in [3.05, 3.63) is 120 Å². The smallest absolute Gasteiger partial charge is 0.344 e. The predicted octanol–water partition coefficient (Wildman–Crippen LogP) is 3.97. The minimum Gasteiger partial charge on any atom is -0.422 e. The van der Waals surface area contributed by atoms with Crippen molar-refractivity contribution in [3.8, 4) is 5.69 Å². The lowest BCUT2D eigenvalue weighted by Crippen LogP contribution is -2.36. The summed E-state index contributed by atoms with van der Waals surface area (Å²) >= 11 is 3.42. The first-order valence-electron chi connectivity index (χ1n) is 9.64. The Morgan fingerprint density at radius 3 is 2.06 bits per heavy atom. The van der Waals surface area contributed by atoms with Gasteiger partial charge in [-0.2, -0.15) is 0 Å². The Hall–Kier alpha value is -3.71. The van der Waals surface area contributed by atoms with E-state index < -0.39 is 11.7 Å². The summed E-state index contributed by atoms with van der Waals surface area (Å²) in [6.07, 6.45) is 0. The molecule has 5 aromatic rings. The van der Waals surface area contributed by atoms with Crippen LogP contribution in [0.25, 0.3) is 27.4 Å². The van der Waals surface area contributed by atoms with Gasteiger partial charge in [-0.05, 0) is 42.0 Å². The highest BCUT2D eigenvalue weighted by molar-refractivity contribution is 9.10. The van der Waals surface area contributed by atoms with E-state index >= 15 is 0 Å². The minimum atomic E-state index is -0.784. The highest BCUT2D eigenvalue weighted by Gasteiger charge is 2.37. The molecule has 0 fully saturated rings. The van der Waals surface area contributed by atoms with Crippen LogP contribution < -0.4 is 16.7 Å². The number of para-hydroxylation sites is 1. The second kappa shape index (κ2) is 6.39. The van der Waals surface area contributed by atoms with Gasteiger partial charge in [0.25, 0.3) is 11.1 Å². The average molecular weight is 473 g/mol. The number of hydrogen-bond acceptors (Lipinski definition) is 4. The van der Waals surface area contributed by atoms with E-state index in [1.165, 1.54) is 9.36 Å². The zero-order chi connectivity index (χ0) is 21.3. The van der Waals surface area contributed by atoms with Crippen molar-refractivity contribution in [2.24, 2.45) is 0 Å². The maximum atomic E-state index is 13.6. The lowest BCUT2D eigenvalue weighted by molar-refractivity contribution is 0.518. The number of halogens is 1. The van der Waals surface area contributed by atoms with Crippen LogP contribution in [0.3, 0.4) is 0 Å². The van der Waals surface area contributed by atoms with Gasteiger partial charge >= 0.3 is 5.63 Å². The van der Waals surface area contributed by atoms with Crippen LogP contribution in [0.4, 0.5) is 0 Å². The van der Waals surface area contributed by atoms with Gasteiger partial charge in [0.05, 0.1) is 22.0 Å². The van der Waals surface area contributed by atoms with Gasteiger partial charge in [0, 0.05) is 9.86 Å². The Labute approximate surface area is 182 Å². The molecule has 150 valence electrons. The summed E-state index contributed by atoms with van der Waals surface area (Å²) in [4.78, 5) is 40.3. The molecule has 0 saturated heterocycles. The SMILES string of the molecule is O=c1oc2ccccc2c2c1C(c1ccc(Br)cc1)n1c(=O)c3ccccc3c(=O)n1-2. The van der Waals surface area contributed by atoms with Gasteiger partial charge in [-0.1, -0.05) is 52.3 Å². The van der Waals surface area contributed by atoms with Crippen LogP contribution in [-0.4, -0.2) is 9.36 Å². The van der Waals surface area contributed by atoms with Crippen molar-refractivity contribution in [1.29, 1.82) is 0 Å². The second-order valence-corrected chi connectivity index (χ2v) is 8.33. The highest BCUT2D eigenvalue weighted by atomic mass is 79.9. The first-order valence-corrected chi connectivity index (χ1v) is 10.4. The Bertz CT molecular complexity index is 1710. The number of benzene rings is 3. The number of nitrogens with zero attached hydrogens (tertiary/aromatic N) is 2. The Kier molecular flexibility index (Phi) is 3.73. The molecule has 3 aromatic carbocycles. The standard InChI is InChI=1S/C24H13BrN2O4/c25-14-11-9-13(10-12-14)20-19-21(17-7-3-4-8-18(17)31-24(19)30)27-23(29)16-6-2-1-5-15(16)22(28)26(20)27/h1-12,20H. The predicted molar refractivity (Wildman–Crippen MR) is 121 cm³/mol. The Balaban J connectivity index is 1.88. The third-order valence-corrected chi connectivity index (χ3v) is 6.27. The maximum Gasteiger partial charge on any atom is 0.344 e. The van der Waals surface area contributed by atoms with Crippen molar-refractivity contribution >= 4 is 37.7 Å². The van der Waals surface area contributed by atoms with Crippen molar-refractivity contribution in [2.45, 2.75) is 6.04 Å². The molecule has 6 nitrogen and oxygen atoms in total. The molecular formula is C24H13BrN2O4. The first-order chi connectivity index (χ1) is 15.1. The lowest BCUT2D eigenvalue weighted by Gasteiger charge is -2.16. The van der Waals surface area contributed by atoms with Crippen molar-refractivity contribution in [1.82, 2.24) is 9.36 Å². The molecular weight excluding hydrogens is 460 g/mol. The van der Waals surface area contributed by atoms with Gasteiger partial charge in [-0.3, -0.25) is 9.59 Å². The van der Waals surface area contributed by atoms with Gasteiger partial charge in [-0.15, -0.1) is 0 Å². The molecule has 1 aliphatic rings. The molecule has 3 heterocycles.